The van der Waals surface area contributed by atoms with E-state index >= 15 is 0 Å². The Kier molecular flexibility index (Phi) is 7.67. The zero-order chi connectivity index (χ0) is 38.9. The highest BCUT2D eigenvalue weighted by Gasteiger charge is 2.27. The zero-order valence-corrected chi connectivity index (χ0v) is 32.5. The standard InChI is InChI=1S/C56H39N3/c1-4-13-38(14-5-1)40-25-29-45(30-26-40)57(46-31-27-41(28-32-46)39-15-6-2-7-16-39)47-33-35-48(36-34-47)58-51-21-11-10-20-49(51)50-37-43-24-23-42-17-12-22-52-53(42)54(43)56(55(50)58)59(52)44-18-8-3-9-19-44/h1-22,25-37H,23-24H2. The van der Waals surface area contributed by atoms with Crippen LogP contribution < -0.4 is 4.90 Å². The van der Waals surface area contributed by atoms with Crippen LogP contribution in [-0.2, 0) is 12.8 Å². The fraction of sp³-hybridized carbons (Fsp3) is 0.0357. The molecule has 1 aliphatic carbocycles. The highest BCUT2D eigenvalue weighted by molar-refractivity contribution is 6.26. The summed E-state index contributed by atoms with van der Waals surface area (Å²) in [6, 6.07) is 77.5. The molecule has 12 rings (SSSR count). The van der Waals surface area contributed by atoms with Crippen LogP contribution in [0.5, 0.6) is 0 Å². The van der Waals surface area contributed by atoms with Crippen molar-refractivity contribution in [1.29, 1.82) is 0 Å². The van der Waals surface area contributed by atoms with Gasteiger partial charge in [-0.2, -0.15) is 0 Å². The van der Waals surface area contributed by atoms with Crippen molar-refractivity contribution in [3.05, 3.63) is 223 Å². The maximum Gasteiger partial charge on any atom is 0.0791 e. The van der Waals surface area contributed by atoms with E-state index < -0.39 is 0 Å². The molecule has 0 amide bonds. The summed E-state index contributed by atoms with van der Waals surface area (Å²) >= 11 is 0. The van der Waals surface area contributed by atoms with Gasteiger partial charge in [0, 0.05) is 50.0 Å². The maximum atomic E-state index is 2.52. The number of aryl methyl sites for hydroxylation is 2. The Bertz CT molecular complexity index is 3240. The number of aromatic nitrogens is 2. The van der Waals surface area contributed by atoms with Crippen LogP contribution in [0.15, 0.2) is 212 Å². The van der Waals surface area contributed by atoms with Crippen LogP contribution in [0.1, 0.15) is 11.1 Å². The fourth-order valence-electron chi connectivity index (χ4n) is 9.69. The van der Waals surface area contributed by atoms with E-state index in [1.807, 2.05) is 0 Å². The summed E-state index contributed by atoms with van der Waals surface area (Å²) in [6.07, 6.45) is 2.10. The average Bonchev–Trinajstić information content (AvgIpc) is 3.84. The molecule has 0 aliphatic heterocycles. The minimum absolute atomic E-state index is 1.04. The molecule has 0 unspecified atom stereocenters. The summed E-state index contributed by atoms with van der Waals surface area (Å²) < 4.78 is 5.03. The number of rotatable bonds is 7. The van der Waals surface area contributed by atoms with E-state index in [-0.39, 0.29) is 0 Å². The second kappa shape index (κ2) is 13.5. The van der Waals surface area contributed by atoms with Gasteiger partial charge >= 0.3 is 0 Å². The summed E-state index contributed by atoms with van der Waals surface area (Å²) in [5.74, 6) is 0. The van der Waals surface area contributed by atoms with Crippen LogP contribution in [0.2, 0.25) is 0 Å². The van der Waals surface area contributed by atoms with E-state index in [1.54, 1.807) is 0 Å². The fourth-order valence-corrected chi connectivity index (χ4v) is 9.69. The van der Waals surface area contributed by atoms with Crippen molar-refractivity contribution in [3.8, 4) is 33.6 Å². The van der Waals surface area contributed by atoms with Crippen molar-refractivity contribution in [3.63, 3.8) is 0 Å². The number of anilines is 3. The Morgan fingerprint density at radius 3 is 1.42 bits per heavy atom. The van der Waals surface area contributed by atoms with Crippen molar-refractivity contribution < 1.29 is 0 Å². The molecule has 2 heterocycles. The van der Waals surface area contributed by atoms with Crippen LogP contribution in [0.3, 0.4) is 0 Å². The third-order valence-corrected chi connectivity index (χ3v) is 12.4. The molecular weight excluding hydrogens is 715 g/mol. The molecule has 0 fully saturated rings. The van der Waals surface area contributed by atoms with E-state index in [9.17, 15) is 0 Å². The van der Waals surface area contributed by atoms with Gasteiger partial charge in [0.1, 0.15) is 0 Å². The molecule has 1 aliphatic rings. The Labute approximate surface area is 343 Å². The van der Waals surface area contributed by atoms with Crippen molar-refractivity contribution in [2.45, 2.75) is 12.8 Å². The van der Waals surface area contributed by atoms with Crippen LogP contribution in [0, 0.1) is 0 Å². The predicted molar refractivity (Wildman–Crippen MR) is 248 cm³/mol. The quantitative estimate of drug-likeness (QED) is 0.158. The van der Waals surface area contributed by atoms with Gasteiger partial charge in [-0.3, -0.25) is 0 Å². The molecule has 0 N–H and O–H groups in total. The first-order valence-electron chi connectivity index (χ1n) is 20.6. The van der Waals surface area contributed by atoms with Crippen LogP contribution in [0.4, 0.5) is 17.1 Å². The second-order valence-corrected chi connectivity index (χ2v) is 15.7. The minimum atomic E-state index is 1.04. The number of hydrogen-bond donors (Lipinski definition) is 0. The first kappa shape index (κ1) is 33.5. The van der Waals surface area contributed by atoms with Crippen molar-refractivity contribution in [2.75, 3.05) is 4.90 Å². The molecule has 2 aromatic heterocycles. The first-order chi connectivity index (χ1) is 29.3. The lowest BCUT2D eigenvalue weighted by Crippen LogP contribution is -2.10. The predicted octanol–water partition coefficient (Wildman–Crippen LogP) is 14.8. The average molecular weight is 754 g/mol. The van der Waals surface area contributed by atoms with E-state index in [4.69, 9.17) is 0 Å². The topological polar surface area (TPSA) is 13.1 Å². The second-order valence-electron chi connectivity index (χ2n) is 15.7. The Morgan fingerprint density at radius 1 is 0.322 bits per heavy atom. The van der Waals surface area contributed by atoms with Gasteiger partial charge in [0.15, 0.2) is 0 Å². The highest BCUT2D eigenvalue weighted by atomic mass is 15.1. The molecule has 0 saturated heterocycles. The molecule has 0 bridgehead atoms. The van der Waals surface area contributed by atoms with Gasteiger partial charge < -0.3 is 14.0 Å². The highest BCUT2D eigenvalue weighted by Crippen LogP contribution is 2.47. The van der Waals surface area contributed by atoms with E-state index in [0.717, 1.165) is 35.6 Å². The third kappa shape index (κ3) is 5.36. The minimum Gasteiger partial charge on any atom is -0.311 e. The lowest BCUT2D eigenvalue weighted by atomic mass is 9.90. The zero-order valence-electron chi connectivity index (χ0n) is 32.5. The summed E-state index contributed by atoms with van der Waals surface area (Å²) in [6.45, 7) is 0. The normalized spacial score (nSPS) is 12.3. The van der Waals surface area contributed by atoms with E-state index in [0.29, 0.717) is 0 Å². The number of benzene rings is 9. The Hall–Kier alpha value is -7.62. The smallest absolute Gasteiger partial charge is 0.0791 e. The van der Waals surface area contributed by atoms with Crippen LogP contribution in [0.25, 0.3) is 77.2 Å². The summed E-state index contributed by atoms with van der Waals surface area (Å²) in [5, 5.41) is 5.37. The molecule has 3 nitrogen and oxygen atoms in total. The molecule has 278 valence electrons. The largest absolute Gasteiger partial charge is 0.311 e. The summed E-state index contributed by atoms with van der Waals surface area (Å²) in [5.41, 5.74) is 18.3. The van der Waals surface area contributed by atoms with Crippen molar-refractivity contribution in [2.24, 2.45) is 0 Å². The monoisotopic (exact) mass is 753 g/mol. The van der Waals surface area contributed by atoms with Gasteiger partial charge in [0.25, 0.3) is 0 Å². The first-order valence-corrected chi connectivity index (χ1v) is 20.6. The molecular formula is C56H39N3. The number of fused-ring (bicyclic) bond motifs is 4. The van der Waals surface area contributed by atoms with Crippen LogP contribution >= 0.6 is 0 Å². The molecule has 9 aromatic carbocycles. The summed E-state index contributed by atoms with van der Waals surface area (Å²) in [7, 11) is 0. The molecule has 11 aromatic rings. The molecule has 0 spiro atoms. The van der Waals surface area contributed by atoms with E-state index in [1.165, 1.54) is 82.7 Å². The third-order valence-electron chi connectivity index (χ3n) is 12.4. The lowest BCUT2D eigenvalue weighted by molar-refractivity contribution is 0.971. The molecule has 3 heteroatoms. The van der Waals surface area contributed by atoms with Gasteiger partial charge in [-0.15, -0.1) is 0 Å². The van der Waals surface area contributed by atoms with Gasteiger partial charge in [0.2, 0.25) is 0 Å². The van der Waals surface area contributed by atoms with Gasteiger partial charge in [-0.1, -0.05) is 133 Å². The lowest BCUT2D eigenvalue weighted by Gasteiger charge is -2.26. The number of para-hydroxylation sites is 2. The van der Waals surface area contributed by atoms with Crippen molar-refractivity contribution >= 4 is 60.7 Å². The molecule has 0 atom stereocenters. The SMILES string of the molecule is c1ccc(-c2ccc(N(c3ccc(-c4ccccc4)cc3)c3ccc(-n4c5ccccc5c5cc6c7c8c(cccc8n(-c8ccccc8)c7c54)CC6)cc3)cc2)cc1. The molecule has 0 radical (unpaired) electrons. The summed E-state index contributed by atoms with van der Waals surface area (Å²) in [4.78, 5) is 2.37. The van der Waals surface area contributed by atoms with Crippen LogP contribution in [-0.4, -0.2) is 9.13 Å². The van der Waals surface area contributed by atoms with Crippen molar-refractivity contribution in [1.82, 2.24) is 9.13 Å². The van der Waals surface area contributed by atoms with Gasteiger partial charge in [-0.05, 0) is 125 Å². The molecule has 59 heavy (non-hydrogen) atoms. The van der Waals surface area contributed by atoms with Gasteiger partial charge in [-0.25, -0.2) is 0 Å². The van der Waals surface area contributed by atoms with Gasteiger partial charge in [0.05, 0.1) is 22.1 Å². The molecule has 0 saturated carbocycles. The van der Waals surface area contributed by atoms with E-state index in [2.05, 4.69) is 226 Å². The Morgan fingerprint density at radius 2 is 0.797 bits per heavy atom. The maximum absolute atomic E-state index is 2.52. The number of nitrogens with zero attached hydrogens (tertiary/aromatic N) is 3. The Balaban J connectivity index is 1.06. The number of hydrogen-bond acceptors (Lipinski definition) is 1.